The van der Waals surface area contributed by atoms with Crippen molar-refractivity contribution in [2.75, 3.05) is 5.75 Å². The molecule has 0 N–H and O–H groups in total. The number of hydrogen-bond acceptors (Lipinski definition) is 6. The average Bonchev–Trinajstić information content (AvgIpc) is 3.25. The van der Waals surface area contributed by atoms with Gasteiger partial charge in [-0.05, 0) is 42.5 Å². The van der Waals surface area contributed by atoms with E-state index >= 15 is 0 Å². The third kappa shape index (κ3) is 2.97. The molecule has 0 saturated heterocycles. The van der Waals surface area contributed by atoms with Crippen LogP contribution in [0.15, 0.2) is 46.0 Å². The number of nitrogens with zero attached hydrogens (tertiary/aromatic N) is 4. The molecular formula is C17H16N4OS2. The Morgan fingerprint density at radius 1 is 1.21 bits per heavy atom. The standard InChI is InChI=1S/C17H16N4OS2/c1-11-5-6-12(2)14(8-11)22-9-16-18-19-17-21(16)20-13(10-24-17)15-4-3-7-23-15/h3-8H,9-10H2,1-2H3. The van der Waals surface area contributed by atoms with Crippen LogP contribution >= 0.6 is 23.1 Å². The van der Waals surface area contributed by atoms with Crippen LogP contribution in [0.1, 0.15) is 21.8 Å². The number of aryl methyl sites for hydroxylation is 2. The smallest absolute Gasteiger partial charge is 0.212 e. The molecule has 0 saturated carbocycles. The van der Waals surface area contributed by atoms with Gasteiger partial charge in [0.1, 0.15) is 12.4 Å². The van der Waals surface area contributed by atoms with E-state index in [0.29, 0.717) is 12.4 Å². The van der Waals surface area contributed by atoms with E-state index in [9.17, 15) is 0 Å². The molecular weight excluding hydrogens is 340 g/mol. The van der Waals surface area contributed by atoms with Crippen molar-refractivity contribution in [1.82, 2.24) is 14.9 Å². The van der Waals surface area contributed by atoms with Crippen LogP contribution in [-0.2, 0) is 6.61 Å². The maximum atomic E-state index is 5.95. The molecule has 5 nitrogen and oxygen atoms in total. The van der Waals surface area contributed by atoms with Crippen LogP contribution < -0.4 is 4.74 Å². The minimum absolute atomic E-state index is 0.346. The van der Waals surface area contributed by atoms with Crippen LogP contribution in [0, 0.1) is 13.8 Å². The number of ether oxygens (including phenoxy) is 1. The number of fused-ring (bicyclic) bond motifs is 1. The molecule has 1 aromatic carbocycles. The van der Waals surface area contributed by atoms with E-state index in [1.807, 2.05) is 19.1 Å². The highest BCUT2D eigenvalue weighted by molar-refractivity contribution is 7.99. The highest BCUT2D eigenvalue weighted by Gasteiger charge is 2.20. The molecule has 0 aliphatic carbocycles. The Bertz CT molecular complexity index is 899. The highest BCUT2D eigenvalue weighted by Crippen LogP contribution is 2.26. The molecule has 3 aromatic rings. The van der Waals surface area contributed by atoms with Gasteiger partial charge in [0.2, 0.25) is 5.16 Å². The first-order chi connectivity index (χ1) is 11.7. The molecule has 122 valence electrons. The normalized spacial score (nSPS) is 13.5. The van der Waals surface area contributed by atoms with E-state index in [-0.39, 0.29) is 0 Å². The lowest BCUT2D eigenvalue weighted by Crippen LogP contribution is -2.14. The summed E-state index contributed by atoms with van der Waals surface area (Å²) in [4.78, 5) is 1.18. The summed E-state index contributed by atoms with van der Waals surface area (Å²) in [6.45, 7) is 4.44. The van der Waals surface area contributed by atoms with Crippen molar-refractivity contribution >= 4 is 28.8 Å². The molecule has 7 heteroatoms. The second-order valence-electron chi connectivity index (χ2n) is 5.58. The lowest BCUT2D eigenvalue weighted by molar-refractivity contribution is 0.287. The number of aromatic nitrogens is 3. The first-order valence-electron chi connectivity index (χ1n) is 7.59. The Morgan fingerprint density at radius 2 is 2.12 bits per heavy atom. The third-order valence-electron chi connectivity index (χ3n) is 3.74. The summed E-state index contributed by atoms with van der Waals surface area (Å²) in [7, 11) is 0. The van der Waals surface area contributed by atoms with Crippen LogP contribution in [0.3, 0.4) is 0 Å². The van der Waals surface area contributed by atoms with E-state index in [1.165, 1.54) is 10.4 Å². The van der Waals surface area contributed by atoms with Crippen molar-refractivity contribution < 1.29 is 4.74 Å². The minimum atomic E-state index is 0.346. The zero-order valence-corrected chi connectivity index (χ0v) is 15.0. The second kappa shape index (κ2) is 6.41. The average molecular weight is 356 g/mol. The molecule has 3 heterocycles. The van der Waals surface area contributed by atoms with E-state index in [4.69, 9.17) is 9.84 Å². The Labute approximate surface area is 148 Å². The fourth-order valence-electron chi connectivity index (χ4n) is 2.43. The molecule has 0 atom stereocenters. The SMILES string of the molecule is Cc1ccc(C)c(OCc2nnc3n2N=C(c2cccs2)CS3)c1. The summed E-state index contributed by atoms with van der Waals surface area (Å²) in [5, 5.41) is 16.1. The minimum Gasteiger partial charge on any atom is -0.485 e. The zero-order valence-electron chi connectivity index (χ0n) is 13.4. The van der Waals surface area contributed by atoms with Crippen LogP contribution in [-0.4, -0.2) is 26.3 Å². The summed E-state index contributed by atoms with van der Waals surface area (Å²) in [5.74, 6) is 2.40. The van der Waals surface area contributed by atoms with Crippen molar-refractivity contribution in [1.29, 1.82) is 0 Å². The Hall–Kier alpha value is -2.12. The van der Waals surface area contributed by atoms with Crippen molar-refractivity contribution in [2.45, 2.75) is 25.6 Å². The second-order valence-corrected chi connectivity index (χ2v) is 7.47. The molecule has 4 rings (SSSR count). The molecule has 2 aromatic heterocycles. The molecule has 0 fully saturated rings. The number of thioether (sulfide) groups is 1. The Morgan fingerprint density at radius 3 is 2.96 bits per heavy atom. The van der Waals surface area contributed by atoms with Gasteiger partial charge in [0.25, 0.3) is 0 Å². The monoisotopic (exact) mass is 356 g/mol. The molecule has 0 unspecified atom stereocenters. The summed E-state index contributed by atoms with van der Waals surface area (Å²) >= 11 is 3.35. The van der Waals surface area contributed by atoms with Gasteiger partial charge < -0.3 is 4.74 Å². The van der Waals surface area contributed by atoms with Crippen LogP contribution in [0.4, 0.5) is 0 Å². The molecule has 24 heavy (non-hydrogen) atoms. The number of benzene rings is 1. The fourth-order valence-corrected chi connectivity index (χ4v) is 4.07. The van der Waals surface area contributed by atoms with Crippen LogP contribution in [0.25, 0.3) is 0 Å². The summed E-state index contributed by atoms with van der Waals surface area (Å²) < 4.78 is 7.75. The topological polar surface area (TPSA) is 52.3 Å². The fraction of sp³-hybridized carbons (Fsp3) is 0.235. The maximum Gasteiger partial charge on any atom is 0.212 e. The first kappa shape index (κ1) is 15.4. The Kier molecular flexibility index (Phi) is 4.12. The highest BCUT2D eigenvalue weighted by atomic mass is 32.2. The number of rotatable bonds is 4. The quantitative estimate of drug-likeness (QED) is 0.711. The summed E-state index contributed by atoms with van der Waals surface area (Å²) in [6.07, 6.45) is 0. The molecule has 1 aliphatic rings. The van der Waals surface area contributed by atoms with Crippen molar-refractivity contribution in [3.05, 3.63) is 57.5 Å². The van der Waals surface area contributed by atoms with Gasteiger partial charge in [-0.3, -0.25) is 0 Å². The molecule has 0 amide bonds. The van der Waals surface area contributed by atoms with E-state index in [1.54, 1.807) is 27.8 Å². The number of hydrogen-bond donors (Lipinski definition) is 0. The summed E-state index contributed by atoms with van der Waals surface area (Å²) in [5.41, 5.74) is 3.33. The first-order valence-corrected chi connectivity index (χ1v) is 9.46. The predicted molar refractivity (Wildman–Crippen MR) is 97.2 cm³/mol. The molecule has 0 bridgehead atoms. The van der Waals surface area contributed by atoms with Gasteiger partial charge in [0.15, 0.2) is 5.82 Å². The van der Waals surface area contributed by atoms with E-state index < -0.39 is 0 Å². The van der Waals surface area contributed by atoms with Gasteiger partial charge in [-0.1, -0.05) is 30.0 Å². The van der Waals surface area contributed by atoms with E-state index in [2.05, 4.69) is 40.7 Å². The van der Waals surface area contributed by atoms with Gasteiger partial charge in [0, 0.05) is 5.75 Å². The van der Waals surface area contributed by atoms with Crippen molar-refractivity contribution in [2.24, 2.45) is 5.10 Å². The van der Waals surface area contributed by atoms with Crippen molar-refractivity contribution in [3.8, 4) is 5.75 Å². The van der Waals surface area contributed by atoms with Gasteiger partial charge >= 0.3 is 0 Å². The zero-order chi connectivity index (χ0) is 16.5. The third-order valence-corrected chi connectivity index (χ3v) is 5.59. The van der Waals surface area contributed by atoms with Gasteiger partial charge in [-0.15, -0.1) is 21.5 Å². The molecule has 0 radical (unpaired) electrons. The lowest BCUT2D eigenvalue weighted by Gasteiger charge is -2.13. The summed E-state index contributed by atoms with van der Waals surface area (Å²) in [6, 6.07) is 10.3. The van der Waals surface area contributed by atoms with Gasteiger partial charge in [-0.25, -0.2) is 0 Å². The van der Waals surface area contributed by atoms with Crippen LogP contribution in [0.2, 0.25) is 0 Å². The van der Waals surface area contributed by atoms with Crippen LogP contribution in [0.5, 0.6) is 5.75 Å². The largest absolute Gasteiger partial charge is 0.485 e. The number of thiophene rings is 1. The molecule has 0 spiro atoms. The lowest BCUT2D eigenvalue weighted by atomic mass is 10.1. The van der Waals surface area contributed by atoms with Gasteiger partial charge in [-0.2, -0.15) is 9.78 Å². The molecule has 1 aliphatic heterocycles. The predicted octanol–water partition coefficient (Wildman–Crippen LogP) is 3.89. The van der Waals surface area contributed by atoms with Crippen molar-refractivity contribution in [3.63, 3.8) is 0 Å². The van der Waals surface area contributed by atoms with Gasteiger partial charge in [0.05, 0.1) is 10.6 Å². The Balaban J connectivity index is 1.58. The maximum absolute atomic E-state index is 5.95. The van der Waals surface area contributed by atoms with E-state index in [0.717, 1.165) is 27.9 Å².